The summed E-state index contributed by atoms with van der Waals surface area (Å²) in [6.07, 6.45) is 0.388. The van der Waals surface area contributed by atoms with E-state index < -0.39 is 29.4 Å². The highest BCUT2D eigenvalue weighted by Crippen LogP contribution is 2.55. The molecule has 4 aliphatic rings. The SMILES string of the molecule is CN(C)/N=N/c1[nH]cnc1C(N)=O.CO[C@@]12[C@H](COC(N)=O)C3=C(C(=O)C(C)=C(N)C3=O)N1C[C@@H]1N[C@@H]12. The number of nitrogens with one attached hydrogen (secondary N) is 2. The minimum Gasteiger partial charge on any atom is -0.449 e. The number of ketones is 2. The molecule has 16 heteroatoms. The highest BCUT2D eigenvalue weighted by molar-refractivity contribution is 6.25. The quantitative estimate of drug-likeness (QED) is 0.125. The average molecular weight is 517 g/mol. The molecule has 5 rings (SSSR count). The lowest BCUT2D eigenvalue weighted by Gasteiger charge is -2.39. The molecule has 8 N–H and O–H groups in total. The number of Topliss-reactive ketones (excluding diaryl/α,β-unsaturated/α-hetero) is 2. The Bertz CT molecular complexity index is 1270. The molecular weight excluding hydrogens is 488 g/mol. The molecule has 0 saturated carbocycles. The van der Waals surface area contributed by atoms with Gasteiger partial charge in [0, 0.05) is 44.9 Å². The van der Waals surface area contributed by atoms with E-state index in [-0.39, 0.29) is 52.8 Å². The number of ether oxygens (including phenoxy) is 2. The van der Waals surface area contributed by atoms with Crippen molar-refractivity contribution in [3.8, 4) is 0 Å². The minimum absolute atomic E-state index is 0.0586. The van der Waals surface area contributed by atoms with Crippen molar-refractivity contribution in [3.05, 3.63) is 34.6 Å². The van der Waals surface area contributed by atoms with Crippen LogP contribution in [-0.4, -0.2) is 95.6 Å². The van der Waals surface area contributed by atoms with Gasteiger partial charge in [-0.15, -0.1) is 5.11 Å². The predicted octanol–water partition coefficient (Wildman–Crippen LogP) is -1.58. The van der Waals surface area contributed by atoms with Crippen molar-refractivity contribution in [2.24, 2.45) is 33.5 Å². The summed E-state index contributed by atoms with van der Waals surface area (Å²) in [5, 5.41) is 12.2. The molecule has 37 heavy (non-hydrogen) atoms. The van der Waals surface area contributed by atoms with Crippen LogP contribution >= 0.6 is 0 Å². The Morgan fingerprint density at radius 2 is 2.00 bits per heavy atom. The number of carbonyl (C=O) groups excluding carboxylic acids is 4. The third-order valence-corrected chi connectivity index (χ3v) is 6.65. The summed E-state index contributed by atoms with van der Waals surface area (Å²) in [4.78, 5) is 55.5. The van der Waals surface area contributed by atoms with Crippen molar-refractivity contribution < 1.29 is 28.7 Å². The zero-order valence-corrected chi connectivity index (χ0v) is 20.6. The van der Waals surface area contributed by atoms with Gasteiger partial charge in [0.2, 0.25) is 11.6 Å². The van der Waals surface area contributed by atoms with E-state index >= 15 is 0 Å². The van der Waals surface area contributed by atoms with Gasteiger partial charge in [-0.3, -0.25) is 19.4 Å². The molecule has 4 heterocycles. The maximum Gasteiger partial charge on any atom is 0.404 e. The Morgan fingerprint density at radius 1 is 1.30 bits per heavy atom. The van der Waals surface area contributed by atoms with Gasteiger partial charge in [-0.05, 0) is 6.92 Å². The van der Waals surface area contributed by atoms with Crippen LogP contribution in [0.1, 0.15) is 17.4 Å². The molecule has 16 nitrogen and oxygen atoms in total. The summed E-state index contributed by atoms with van der Waals surface area (Å²) < 4.78 is 10.8. The number of nitrogens with zero attached hydrogens (tertiary/aromatic N) is 5. The van der Waals surface area contributed by atoms with Gasteiger partial charge in [0.15, 0.2) is 17.2 Å². The number of H-pyrrole nitrogens is 1. The van der Waals surface area contributed by atoms with Crippen LogP contribution in [0.15, 0.2) is 39.2 Å². The van der Waals surface area contributed by atoms with E-state index in [1.807, 2.05) is 4.90 Å². The van der Waals surface area contributed by atoms with Crippen LogP contribution in [0.5, 0.6) is 0 Å². The van der Waals surface area contributed by atoms with Gasteiger partial charge in [-0.25, -0.2) is 9.78 Å². The van der Waals surface area contributed by atoms with Gasteiger partial charge in [-0.2, -0.15) is 0 Å². The van der Waals surface area contributed by atoms with E-state index in [0.717, 1.165) is 0 Å². The number of allylic oxidation sites excluding steroid dienone is 2. The van der Waals surface area contributed by atoms with Crippen molar-refractivity contribution in [3.63, 3.8) is 0 Å². The van der Waals surface area contributed by atoms with Crippen molar-refractivity contribution in [1.29, 1.82) is 0 Å². The third-order valence-electron chi connectivity index (χ3n) is 6.65. The molecule has 198 valence electrons. The van der Waals surface area contributed by atoms with Crippen LogP contribution < -0.4 is 22.5 Å². The lowest BCUT2D eigenvalue weighted by Crippen LogP contribution is -2.55. The number of methoxy groups -OCH3 is 1. The molecule has 0 aromatic carbocycles. The first-order valence-electron chi connectivity index (χ1n) is 11.2. The molecule has 1 aromatic rings. The monoisotopic (exact) mass is 516 g/mol. The number of aromatic amines is 1. The summed E-state index contributed by atoms with van der Waals surface area (Å²) in [5.41, 5.74) is 15.8. The average Bonchev–Trinajstić information content (AvgIpc) is 3.22. The first kappa shape index (κ1) is 25.8. The highest BCUT2D eigenvalue weighted by Gasteiger charge is 2.72. The number of carbonyl (C=O) groups is 4. The van der Waals surface area contributed by atoms with Crippen LogP contribution in [0.2, 0.25) is 0 Å². The summed E-state index contributed by atoms with van der Waals surface area (Å²) >= 11 is 0. The zero-order valence-electron chi connectivity index (χ0n) is 20.6. The summed E-state index contributed by atoms with van der Waals surface area (Å²) in [6, 6.07) is 0.109. The Morgan fingerprint density at radius 3 is 2.59 bits per heavy atom. The first-order valence-corrected chi connectivity index (χ1v) is 11.2. The number of rotatable bonds is 6. The number of imidazole rings is 1. The van der Waals surface area contributed by atoms with Gasteiger partial charge in [0.05, 0.1) is 29.7 Å². The Balaban J connectivity index is 0.000000209. The third kappa shape index (κ3) is 4.09. The molecule has 0 unspecified atom stereocenters. The number of primary amides is 2. The molecular formula is C21H28N10O6. The Labute approximate surface area is 210 Å². The van der Waals surface area contributed by atoms with E-state index in [4.69, 9.17) is 26.7 Å². The van der Waals surface area contributed by atoms with Gasteiger partial charge in [0.1, 0.15) is 6.61 Å². The second kappa shape index (κ2) is 9.29. The number of aromatic nitrogens is 2. The van der Waals surface area contributed by atoms with Crippen LogP contribution in [0.4, 0.5) is 10.6 Å². The van der Waals surface area contributed by atoms with Crippen LogP contribution in [0.3, 0.4) is 0 Å². The van der Waals surface area contributed by atoms with Crippen LogP contribution in [-0.2, 0) is 19.1 Å². The van der Waals surface area contributed by atoms with E-state index in [1.54, 1.807) is 14.1 Å². The number of nitrogens with two attached hydrogens (primary N) is 3. The summed E-state index contributed by atoms with van der Waals surface area (Å²) in [6.45, 7) is 1.92. The molecule has 2 amide bonds. The zero-order chi connectivity index (χ0) is 27.2. The largest absolute Gasteiger partial charge is 0.449 e. The van der Waals surface area contributed by atoms with Gasteiger partial charge < -0.3 is 41.9 Å². The summed E-state index contributed by atoms with van der Waals surface area (Å²) in [5.74, 6) is -1.71. The Kier molecular flexibility index (Phi) is 6.47. The molecule has 3 aliphatic heterocycles. The molecule has 2 saturated heterocycles. The first-order chi connectivity index (χ1) is 17.4. The number of hydrogen-bond acceptors (Lipinski definition) is 12. The second-order valence-corrected chi connectivity index (χ2v) is 8.96. The van der Waals surface area contributed by atoms with Crippen molar-refractivity contribution in [2.45, 2.75) is 24.7 Å². The maximum absolute atomic E-state index is 12.8. The van der Waals surface area contributed by atoms with Crippen LogP contribution in [0, 0.1) is 5.92 Å². The minimum atomic E-state index is -0.957. The molecule has 0 spiro atoms. The molecule has 4 atom stereocenters. The fraction of sp³-hybridized carbons (Fsp3) is 0.476. The van der Waals surface area contributed by atoms with Gasteiger partial charge in [0.25, 0.3) is 5.91 Å². The molecule has 1 aliphatic carbocycles. The van der Waals surface area contributed by atoms with E-state index in [9.17, 15) is 19.2 Å². The van der Waals surface area contributed by atoms with E-state index in [1.165, 1.54) is 25.4 Å². The fourth-order valence-corrected chi connectivity index (χ4v) is 4.99. The fourth-order valence-electron chi connectivity index (χ4n) is 4.99. The number of piperazine rings is 1. The van der Waals surface area contributed by atoms with E-state index in [2.05, 4.69) is 25.6 Å². The van der Waals surface area contributed by atoms with Crippen molar-refractivity contribution in [2.75, 3.05) is 34.4 Å². The topological polar surface area (TPSA) is 247 Å². The molecule has 0 radical (unpaired) electrons. The van der Waals surface area contributed by atoms with Gasteiger partial charge in [-0.1, -0.05) is 5.22 Å². The molecule has 2 fully saturated rings. The molecule has 1 aromatic heterocycles. The second-order valence-electron chi connectivity index (χ2n) is 8.96. The standard InChI is InChI=1S/C15H18N4O5.C6H10N6O/c1-5-9(16)12(21)8-6(4-24-14(17)22)15(23-2)13-7(18-13)3-19(15)10(8)11(5)20;1-12(2)11-10-6-4(5(7)13)8-3-9-6/h6-7,13,18H,3-4,16H2,1-2H3,(H2,17,22);3H,1-2H3,(H2,7,13)(H,8,9)/b;11-10+/t6-,7+,13+,15-;/m1./s1. The highest BCUT2D eigenvalue weighted by atomic mass is 16.6. The number of fused-ring (bicyclic) bond motifs is 4. The normalized spacial score (nSPS) is 27.6. The van der Waals surface area contributed by atoms with Crippen molar-refractivity contribution in [1.82, 2.24) is 25.2 Å². The van der Waals surface area contributed by atoms with E-state index in [0.29, 0.717) is 12.2 Å². The summed E-state index contributed by atoms with van der Waals surface area (Å²) in [7, 11) is 4.94. The lowest BCUT2D eigenvalue weighted by molar-refractivity contribution is -0.137. The smallest absolute Gasteiger partial charge is 0.404 e. The lowest BCUT2D eigenvalue weighted by atomic mass is 9.82. The molecule has 0 bridgehead atoms. The van der Waals surface area contributed by atoms with Crippen molar-refractivity contribution >= 4 is 29.4 Å². The number of amides is 2. The maximum atomic E-state index is 12.8. The number of hydrogen-bond donors (Lipinski definition) is 5. The van der Waals surface area contributed by atoms with Gasteiger partial charge >= 0.3 is 6.09 Å². The predicted molar refractivity (Wildman–Crippen MR) is 125 cm³/mol. The Hall–Kier alpha value is -4.31. The van der Waals surface area contributed by atoms with Crippen LogP contribution in [0.25, 0.3) is 0 Å².